The van der Waals surface area contributed by atoms with E-state index in [0.717, 1.165) is 0 Å². The average molecular weight is 278 g/mol. The molecule has 1 saturated carbocycles. The first-order valence-electron chi connectivity index (χ1n) is 7.27. The molecular formula is C14H22N4O2. The summed E-state index contributed by atoms with van der Waals surface area (Å²) in [7, 11) is 0. The van der Waals surface area contributed by atoms with Crippen molar-refractivity contribution in [2.45, 2.75) is 32.1 Å². The second kappa shape index (κ2) is 8.35. The average Bonchev–Trinajstić information content (AvgIpc) is 2.52. The van der Waals surface area contributed by atoms with Crippen LogP contribution in [0.15, 0.2) is 18.3 Å². The highest BCUT2D eigenvalue weighted by Crippen LogP contribution is 2.23. The number of aromatic nitrogens is 2. The van der Waals surface area contributed by atoms with Crippen LogP contribution < -0.4 is 10.6 Å². The molecule has 0 bridgehead atoms. The second-order valence-corrected chi connectivity index (χ2v) is 5.06. The van der Waals surface area contributed by atoms with E-state index in [0.29, 0.717) is 31.4 Å². The van der Waals surface area contributed by atoms with Gasteiger partial charge in [-0.05, 0) is 30.9 Å². The monoisotopic (exact) mass is 278 g/mol. The number of nitrogens with one attached hydrogen (secondary N) is 2. The fourth-order valence-electron chi connectivity index (χ4n) is 2.35. The molecular weight excluding hydrogens is 256 g/mol. The predicted molar refractivity (Wildman–Crippen MR) is 76.4 cm³/mol. The number of amides is 1. The molecule has 2 rings (SSSR count). The van der Waals surface area contributed by atoms with Crippen LogP contribution in [0.1, 0.15) is 32.1 Å². The maximum absolute atomic E-state index is 11.5. The van der Waals surface area contributed by atoms with Gasteiger partial charge in [-0.15, -0.1) is 5.10 Å². The molecule has 1 amide bonds. The normalized spacial score (nSPS) is 15.6. The van der Waals surface area contributed by atoms with Gasteiger partial charge < -0.3 is 15.4 Å². The number of alkyl carbamates (subject to hydrolysis) is 1. The van der Waals surface area contributed by atoms with Crippen LogP contribution in [0.5, 0.6) is 0 Å². The summed E-state index contributed by atoms with van der Waals surface area (Å²) in [5.41, 5.74) is 0. The largest absolute Gasteiger partial charge is 0.449 e. The lowest BCUT2D eigenvalue weighted by atomic mass is 9.90. The van der Waals surface area contributed by atoms with E-state index in [1.165, 1.54) is 32.1 Å². The molecule has 0 saturated heterocycles. The van der Waals surface area contributed by atoms with E-state index < -0.39 is 0 Å². The van der Waals surface area contributed by atoms with Gasteiger partial charge in [-0.2, -0.15) is 5.10 Å². The minimum absolute atomic E-state index is 0.337. The molecule has 1 aromatic rings. The molecule has 0 spiro atoms. The Hall–Kier alpha value is -1.85. The van der Waals surface area contributed by atoms with Gasteiger partial charge in [0.15, 0.2) is 0 Å². The molecule has 1 fully saturated rings. The van der Waals surface area contributed by atoms with E-state index >= 15 is 0 Å². The summed E-state index contributed by atoms with van der Waals surface area (Å²) in [5, 5.41) is 13.4. The summed E-state index contributed by atoms with van der Waals surface area (Å²) in [4.78, 5) is 11.5. The van der Waals surface area contributed by atoms with Crippen molar-refractivity contribution < 1.29 is 9.53 Å². The highest BCUT2D eigenvalue weighted by Gasteiger charge is 2.15. The Morgan fingerprint density at radius 2 is 2.15 bits per heavy atom. The van der Waals surface area contributed by atoms with E-state index in [1.54, 1.807) is 12.3 Å². The van der Waals surface area contributed by atoms with Gasteiger partial charge in [-0.1, -0.05) is 19.3 Å². The highest BCUT2D eigenvalue weighted by molar-refractivity contribution is 5.67. The van der Waals surface area contributed by atoms with Crippen LogP contribution in [0.2, 0.25) is 0 Å². The molecule has 0 radical (unpaired) electrons. The summed E-state index contributed by atoms with van der Waals surface area (Å²) in [6.07, 6.45) is 7.48. The number of anilines is 1. The maximum atomic E-state index is 11.5. The lowest BCUT2D eigenvalue weighted by Crippen LogP contribution is -2.31. The third-order valence-electron chi connectivity index (χ3n) is 3.45. The Kier molecular flexibility index (Phi) is 6.07. The van der Waals surface area contributed by atoms with E-state index in [-0.39, 0.29) is 6.09 Å². The fourth-order valence-corrected chi connectivity index (χ4v) is 2.35. The van der Waals surface area contributed by atoms with Crippen LogP contribution in [0.3, 0.4) is 0 Å². The van der Waals surface area contributed by atoms with Crippen LogP contribution in [0, 0.1) is 5.92 Å². The molecule has 1 heterocycles. The molecule has 1 aliphatic carbocycles. The first-order valence-corrected chi connectivity index (χ1v) is 7.27. The van der Waals surface area contributed by atoms with Gasteiger partial charge in [-0.3, -0.25) is 0 Å². The van der Waals surface area contributed by atoms with Gasteiger partial charge in [-0.25, -0.2) is 4.79 Å². The summed E-state index contributed by atoms with van der Waals surface area (Å²) in [6, 6.07) is 3.63. The van der Waals surface area contributed by atoms with Gasteiger partial charge in [0.1, 0.15) is 5.82 Å². The molecule has 110 valence electrons. The van der Waals surface area contributed by atoms with E-state index in [9.17, 15) is 4.79 Å². The number of rotatable bonds is 6. The Labute approximate surface area is 119 Å². The number of nitrogens with zero attached hydrogens (tertiary/aromatic N) is 2. The van der Waals surface area contributed by atoms with Gasteiger partial charge in [0.25, 0.3) is 0 Å². The van der Waals surface area contributed by atoms with Crippen molar-refractivity contribution in [1.82, 2.24) is 15.5 Å². The third-order valence-corrected chi connectivity index (χ3v) is 3.45. The molecule has 2 N–H and O–H groups in total. The maximum Gasteiger partial charge on any atom is 0.407 e. The van der Waals surface area contributed by atoms with Crippen molar-refractivity contribution in [3.05, 3.63) is 18.3 Å². The lowest BCUT2D eigenvalue weighted by Gasteiger charge is -2.21. The number of ether oxygens (including phenoxy) is 1. The minimum atomic E-state index is -0.337. The molecule has 6 nitrogen and oxygen atoms in total. The van der Waals surface area contributed by atoms with Crippen molar-refractivity contribution in [1.29, 1.82) is 0 Å². The Bertz CT molecular complexity index is 393. The number of carbonyl (C=O) groups is 1. The summed E-state index contributed by atoms with van der Waals surface area (Å²) in [6.45, 7) is 1.64. The van der Waals surface area contributed by atoms with E-state index in [1.807, 2.05) is 6.07 Å². The summed E-state index contributed by atoms with van der Waals surface area (Å²) in [5.74, 6) is 1.25. The smallest absolute Gasteiger partial charge is 0.407 e. The first kappa shape index (κ1) is 14.6. The van der Waals surface area contributed by atoms with Crippen molar-refractivity contribution in [2.24, 2.45) is 5.92 Å². The molecule has 1 aromatic heterocycles. The standard InChI is InChI=1S/C14H22N4O2/c19-14(20-11-12-5-2-1-3-6-12)16-10-9-15-13-7-4-8-17-18-13/h4,7-8,12H,1-3,5-6,9-11H2,(H,15,18)(H,16,19). The number of hydrogen-bond acceptors (Lipinski definition) is 5. The van der Waals surface area contributed by atoms with Crippen LogP contribution in [0.25, 0.3) is 0 Å². The summed E-state index contributed by atoms with van der Waals surface area (Å²) >= 11 is 0. The van der Waals surface area contributed by atoms with Crippen LogP contribution in [-0.4, -0.2) is 36.0 Å². The SMILES string of the molecule is O=C(NCCNc1cccnn1)OCC1CCCCC1. The number of carbonyl (C=O) groups excluding carboxylic acids is 1. The molecule has 0 unspecified atom stereocenters. The quantitative estimate of drug-likeness (QED) is 0.780. The van der Waals surface area contributed by atoms with Gasteiger partial charge in [0, 0.05) is 19.3 Å². The molecule has 0 atom stereocenters. The van der Waals surface area contributed by atoms with Crippen LogP contribution in [0.4, 0.5) is 10.6 Å². The fraction of sp³-hybridized carbons (Fsp3) is 0.643. The van der Waals surface area contributed by atoms with E-state index in [4.69, 9.17) is 4.74 Å². The lowest BCUT2D eigenvalue weighted by molar-refractivity contribution is 0.116. The first-order chi connectivity index (χ1) is 9.84. The van der Waals surface area contributed by atoms with Gasteiger partial charge in [0.2, 0.25) is 0 Å². The predicted octanol–water partition coefficient (Wildman–Crippen LogP) is 2.20. The molecule has 6 heteroatoms. The van der Waals surface area contributed by atoms with E-state index in [2.05, 4.69) is 20.8 Å². The van der Waals surface area contributed by atoms with Crippen molar-refractivity contribution in [2.75, 3.05) is 25.0 Å². The molecule has 0 aromatic carbocycles. The zero-order valence-corrected chi connectivity index (χ0v) is 11.7. The second-order valence-electron chi connectivity index (χ2n) is 5.06. The topological polar surface area (TPSA) is 76.1 Å². The molecule has 1 aliphatic rings. The van der Waals surface area contributed by atoms with Crippen molar-refractivity contribution in [3.8, 4) is 0 Å². The third kappa shape index (κ3) is 5.42. The Balaban J connectivity index is 1.51. The molecule has 20 heavy (non-hydrogen) atoms. The van der Waals surface area contributed by atoms with Crippen LogP contribution in [-0.2, 0) is 4.74 Å². The van der Waals surface area contributed by atoms with Crippen molar-refractivity contribution in [3.63, 3.8) is 0 Å². The van der Waals surface area contributed by atoms with Gasteiger partial charge in [0.05, 0.1) is 6.61 Å². The summed E-state index contributed by atoms with van der Waals surface area (Å²) < 4.78 is 5.23. The minimum Gasteiger partial charge on any atom is -0.449 e. The highest BCUT2D eigenvalue weighted by atomic mass is 16.5. The molecule has 0 aliphatic heterocycles. The zero-order valence-electron chi connectivity index (χ0n) is 11.7. The Morgan fingerprint density at radius 3 is 2.90 bits per heavy atom. The Morgan fingerprint density at radius 1 is 1.30 bits per heavy atom. The van der Waals surface area contributed by atoms with Crippen LogP contribution >= 0.6 is 0 Å². The van der Waals surface area contributed by atoms with Gasteiger partial charge >= 0.3 is 6.09 Å². The van der Waals surface area contributed by atoms with Crippen molar-refractivity contribution >= 4 is 11.9 Å². The number of hydrogen-bond donors (Lipinski definition) is 2. The zero-order chi connectivity index (χ0) is 14.0.